The van der Waals surface area contributed by atoms with E-state index in [1.807, 2.05) is 0 Å². The van der Waals surface area contributed by atoms with Crippen LogP contribution in [0, 0.1) is 0 Å². The maximum atomic E-state index is 10.7. The zero-order valence-corrected chi connectivity index (χ0v) is 6.28. The number of hydroxylamine groups is 2. The third-order valence-corrected chi connectivity index (χ3v) is 1.37. The summed E-state index contributed by atoms with van der Waals surface area (Å²) in [5, 5.41) is 1.57. The highest BCUT2D eigenvalue weighted by atomic mass is 16.7. The molecule has 0 saturated carbocycles. The largest absolute Gasteiger partial charge is 0.379 e. The van der Waals surface area contributed by atoms with Gasteiger partial charge in [-0.05, 0) is 0 Å². The number of carbonyl (C=O) groups excluding carboxylic acids is 1. The molecular weight excluding hydrogens is 148 g/mol. The van der Waals surface area contributed by atoms with Crippen LogP contribution in [-0.4, -0.2) is 43.9 Å². The third-order valence-electron chi connectivity index (χ3n) is 1.37. The summed E-state index contributed by atoms with van der Waals surface area (Å²) in [5.41, 5.74) is 5.06. The Morgan fingerprint density at radius 2 is 2.18 bits per heavy atom. The van der Waals surface area contributed by atoms with Crippen LogP contribution in [-0.2, 0) is 14.4 Å². The molecule has 5 nitrogen and oxygen atoms in total. The molecule has 1 saturated heterocycles. The molecule has 0 radical (unpaired) electrons. The molecule has 0 aromatic rings. The van der Waals surface area contributed by atoms with Gasteiger partial charge in [0.25, 0.3) is 0 Å². The fourth-order valence-corrected chi connectivity index (χ4v) is 0.819. The van der Waals surface area contributed by atoms with Crippen LogP contribution in [0.25, 0.3) is 0 Å². The predicted octanol–water partition coefficient (Wildman–Crippen LogP) is -1.26. The summed E-state index contributed by atoms with van der Waals surface area (Å²) < 4.78 is 5.05. The molecule has 1 fully saturated rings. The van der Waals surface area contributed by atoms with Crippen molar-refractivity contribution >= 4 is 5.97 Å². The van der Waals surface area contributed by atoms with Crippen molar-refractivity contribution in [3.05, 3.63) is 0 Å². The maximum Gasteiger partial charge on any atom is 0.338 e. The molecule has 1 aliphatic rings. The summed E-state index contributed by atoms with van der Waals surface area (Å²) in [4.78, 5) is 15.5. The van der Waals surface area contributed by atoms with Crippen molar-refractivity contribution in [1.82, 2.24) is 5.06 Å². The van der Waals surface area contributed by atoms with Crippen LogP contribution < -0.4 is 5.73 Å². The van der Waals surface area contributed by atoms with E-state index in [-0.39, 0.29) is 6.54 Å². The molecule has 1 aliphatic heterocycles. The summed E-state index contributed by atoms with van der Waals surface area (Å²) in [5.74, 6) is -0.396. The highest BCUT2D eigenvalue weighted by molar-refractivity contribution is 5.70. The number of nitrogens with two attached hydrogens (primary N) is 1. The molecule has 0 aromatic heterocycles. The summed E-state index contributed by atoms with van der Waals surface area (Å²) in [6.45, 7) is 2.41. The van der Waals surface area contributed by atoms with E-state index in [4.69, 9.17) is 15.3 Å². The molecule has 0 aliphatic carbocycles. The molecule has 1 rings (SSSR count). The zero-order chi connectivity index (χ0) is 8.10. The third kappa shape index (κ3) is 2.83. The first-order chi connectivity index (χ1) is 5.33. The Morgan fingerprint density at radius 1 is 1.55 bits per heavy atom. The Balaban J connectivity index is 2.19. The Labute approximate surface area is 65.0 Å². The lowest BCUT2D eigenvalue weighted by molar-refractivity contribution is -0.203. The molecule has 2 N–H and O–H groups in total. The van der Waals surface area contributed by atoms with Crippen LogP contribution in [0.2, 0.25) is 0 Å². The lowest BCUT2D eigenvalue weighted by Crippen LogP contribution is -2.39. The van der Waals surface area contributed by atoms with Gasteiger partial charge in [-0.2, -0.15) is 0 Å². The number of hydrogen-bond donors (Lipinski definition) is 1. The van der Waals surface area contributed by atoms with Crippen LogP contribution in [0.3, 0.4) is 0 Å². The van der Waals surface area contributed by atoms with Crippen molar-refractivity contribution in [2.75, 3.05) is 32.8 Å². The van der Waals surface area contributed by atoms with Gasteiger partial charge in [0.1, 0.15) is 0 Å². The van der Waals surface area contributed by atoms with E-state index < -0.39 is 5.97 Å². The SMILES string of the molecule is NCC(=O)ON1CCOCC1. The van der Waals surface area contributed by atoms with Gasteiger partial charge in [-0.15, -0.1) is 5.06 Å². The van der Waals surface area contributed by atoms with Crippen LogP contribution in [0.15, 0.2) is 0 Å². The molecule has 0 aromatic carbocycles. The van der Waals surface area contributed by atoms with Crippen LogP contribution in [0.4, 0.5) is 0 Å². The van der Waals surface area contributed by atoms with E-state index in [1.165, 1.54) is 0 Å². The zero-order valence-electron chi connectivity index (χ0n) is 6.28. The predicted molar refractivity (Wildman–Crippen MR) is 37.5 cm³/mol. The number of ether oxygens (including phenoxy) is 1. The van der Waals surface area contributed by atoms with Gasteiger partial charge in [-0.25, -0.2) is 4.79 Å². The van der Waals surface area contributed by atoms with Gasteiger partial charge in [-0.3, -0.25) is 0 Å². The first-order valence-corrected chi connectivity index (χ1v) is 3.56. The summed E-state index contributed by atoms with van der Waals surface area (Å²) in [7, 11) is 0. The molecule has 0 spiro atoms. The summed E-state index contributed by atoms with van der Waals surface area (Å²) in [6, 6.07) is 0. The second-order valence-corrected chi connectivity index (χ2v) is 2.21. The Morgan fingerprint density at radius 3 is 2.73 bits per heavy atom. The molecule has 11 heavy (non-hydrogen) atoms. The molecule has 5 heteroatoms. The average molecular weight is 160 g/mol. The van der Waals surface area contributed by atoms with Gasteiger partial charge in [0.05, 0.1) is 32.8 Å². The summed E-state index contributed by atoms with van der Waals surface area (Å²) >= 11 is 0. The number of carbonyl (C=O) groups is 1. The highest BCUT2D eigenvalue weighted by Gasteiger charge is 2.13. The maximum absolute atomic E-state index is 10.7. The van der Waals surface area contributed by atoms with Crippen molar-refractivity contribution < 1.29 is 14.4 Å². The van der Waals surface area contributed by atoms with E-state index in [1.54, 1.807) is 5.06 Å². The van der Waals surface area contributed by atoms with E-state index in [2.05, 4.69) is 0 Å². The number of nitrogens with zero attached hydrogens (tertiary/aromatic N) is 1. The fourth-order valence-electron chi connectivity index (χ4n) is 0.819. The molecule has 0 bridgehead atoms. The Kier molecular flexibility index (Phi) is 3.28. The minimum atomic E-state index is -0.396. The summed E-state index contributed by atoms with van der Waals surface area (Å²) in [6.07, 6.45) is 0. The highest BCUT2D eigenvalue weighted by Crippen LogP contribution is 1.96. The van der Waals surface area contributed by atoms with Crippen molar-refractivity contribution in [2.45, 2.75) is 0 Å². The first-order valence-electron chi connectivity index (χ1n) is 3.56. The quantitative estimate of drug-likeness (QED) is 0.546. The lowest BCUT2D eigenvalue weighted by Gasteiger charge is -2.24. The molecule has 0 amide bonds. The van der Waals surface area contributed by atoms with Crippen molar-refractivity contribution in [1.29, 1.82) is 0 Å². The minimum absolute atomic E-state index is 0.0721. The van der Waals surface area contributed by atoms with Gasteiger partial charge in [-0.1, -0.05) is 0 Å². The Hall–Kier alpha value is -0.650. The topological polar surface area (TPSA) is 64.8 Å². The normalized spacial score (nSPS) is 19.7. The Bertz CT molecular complexity index is 134. The minimum Gasteiger partial charge on any atom is -0.379 e. The number of hydrogen-bond acceptors (Lipinski definition) is 5. The van der Waals surface area contributed by atoms with Crippen molar-refractivity contribution in [3.63, 3.8) is 0 Å². The molecule has 0 unspecified atom stereocenters. The first kappa shape index (κ1) is 8.45. The van der Waals surface area contributed by atoms with E-state index in [9.17, 15) is 4.79 Å². The van der Waals surface area contributed by atoms with Crippen LogP contribution in [0.1, 0.15) is 0 Å². The molecule has 64 valence electrons. The standard InChI is InChI=1S/C6H12N2O3/c7-5-6(9)11-8-1-3-10-4-2-8/h1-5,7H2. The van der Waals surface area contributed by atoms with E-state index in [0.29, 0.717) is 26.3 Å². The van der Waals surface area contributed by atoms with Gasteiger partial charge in [0, 0.05) is 0 Å². The van der Waals surface area contributed by atoms with Gasteiger partial charge in [0.2, 0.25) is 0 Å². The average Bonchev–Trinajstić information content (AvgIpc) is 2.06. The lowest BCUT2D eigenvalue weighted by atomic mass is 10.5. The van der Waals surface area contributed by atoms with E-state index in [0.717, 1.165) is 0 Å². The van der Waals surface area contributed by atoms with Crippen LogP contribution >= 0.6 is 0 Å². The van der Waals surface area contributed by atoms with E-state index >= 15 is 0 Å². The van der Waals surface area contributed by atoms with Crippen LogP contribution in [0.5, 0.6) is 0 Å². The number of morpholine rings is 1. The second-order valence-electron chi connectivity index (χ2n) is 2.21. The van der Waals surface area contributed by atoms with Gasteiger partial charge in [0.15, 0.2) is 0 Å². The van der Waals surface area contributed by atoms with Crippen molar-refractivity contribution in [3.8, 4) is 0 Å². The molecular formula is C6H12N2O3. The monoisotopic (exact) mass is 160 g/mol. The smallest absolute Gasteiger partial charge is 0.338 e. The number of rotatable bonds is 2. The second kappa shape index (κ2) is 4.27. The van der Waals surface area contributed by atoms with Gasteiger partial charge >= 0.3 is 5.97 Å². The van der Waals surface area contributed by atoms with Crippen molar-refractivity contribution in [2.24, 2.45) is 5.73 Å². The fraction of sp³-hybridized carbons (Fsp3) is 0.833. The molecule has 1 heterocycles. The molecule has 0 atom stereocenters. The van der Waals surface area contributed by atoms with Gasteiger partial charge < -0.3 is 15.3 Å².